The van der Waals surface area contributed by atoms with Gasteiger partial charge in [0.25, 0.3) is 5.91 Å². The topological polar surface area (TPSA) is 87.3 Å². The molecule has 0 saturated heterocycles. The Morgan fingerprint density at radius 3 is 2.33 bits per heavy atom. The molecule has 1 unspecified atom stereocenters. The van der Waals surface area contributed by atoms with Crippen molar-refractivity contribution in [1.82, 2.24) is 10.6 Å². The molecule has 0 radical (unpaired) electrons. The van der Waals surface area contributed by atoms with Gasteiger partial charge in [0.05, 0.1) is 11.3 Å². The minimum Gasteiger partial charge on any atom is -0.349 e. The molecule has 6 heteroatoms. The van der Waals surface area contributed by atoms with Gasteiger partial charge in [0, 0.05) is 11.5 Å². The van der Waals surface area contributed by atoms with Gasteiger partial charge in [0.1, 0.15) is 6.04 Å². The zero-order valence-corrected chi connectivity index (χ0v) is 14.6. The molecule has 1 atom stereocenters. The molecule has 1 aromatic rings. The van der Waals surface area contributed by atoms with E-state index in [-0.39, 0.29) is 23.8 Å². The Kier molecular flexibility index (Phi) is 5.26. The fraction of sp³-hybridized carbons (Fsp3) is 0.500. The van der Waals surface area contributed by atoms with Crippen LogP contribution in [0.25, 0.3) is 0 Å². The number of para-hydroxylation sites is 1. The highest BCUT2D eigenvalue weighted by molar-refractivity contribution is 6.05. The highest BCUT2D eigenvalue weighted by Gasteiger charge is 2.27. The summed E-state index contributed by atoms with van der Waals surface area (Å²) >= 11 is 0. The Labute approximate surface area is 142 Å². The molecule has 0 spiro atoms. The van der Waals surface area contributed by atoms with Crippen LogP contribution in [0, 0.1) is 5.41 Å². The van der Waals surface area contributed by atoms with Gasteiger partial charge >= 0.3 is 0 Å². The van der Waals surface area contributed by atoms with Crippen LogP contribution in [0.3, 0.4) is 0 Å². The third-order valence-electron chi connectivity index (χ3n) is 3.76. The zero-order chi connectivity index (χ0) is 17.9. The van der Waals surface area contributed by atoms with Gasteiger partial charge < -0.3 is 16.0 Å². The lowest BCUT2D eigenvalue weighted by Gasteiger charge is -2.21. The number of nitrogens with one attached hydrogen (secondary N) is 3. The maximum absolute atomic E-state index is 12.3. The molecule has 1 aliphatic rings. The maximum Gasteiger partial charge on any atom is 0.253 e. The molecule has 0 bridgehead atoms. The van der Waals surface area contributed by atoms with Crippen LogP contribution >= 0.6 is 0 Å². The van der Waals surface area contributed by atoms with E-state index in [1.807, 2.05) is 0 Å². The lowest BCUT2D eigenvalue weighted by atomic mass is 9.95. The third kappa shape index (κ3) is 4.81. The van der Waals surface area contributed by atoms with E-state index in [1.54, 1.807) is 52.0 Å². The van der Waals surface area contributed by atoms with Crippen LogP contribution in [0.1, 0.15) is 50.9 Å². The van der Waals surface area contributed by atoms with Crippen LogP contribution in [0.4, 0.5) is 5.69 Å². The van der Waals surface area contributed by atoms with Crippen molar-refractivity contribution in [3.63, 3.8) is 0 Å². The molecule has 1 aliphatic carbocycles. The van der Waals surface area contributed by atoms with Gasteiger partial charge in [-0.15, -0.1) is 0 Å². The number of anilines is 1. The third-order valence-corrected chi connectivity index (χ3v) is 3.76. The van der Waals surface area contributed by atoms with Gasteiger partial charge in [-0.3, -0.25) is 14.4 Å². The number of hydrogen-bond acceptors (Lipinski definition) is 3. The highest BCUT2D eigenvalue weighted by Crippen LogP contribution is 2.21. The van der Waals surface area contributed by atoms with E-state index in [0.717, 1.165) is 12.8 Å². The average Bonchev–Trinajstić information content (AvgIpc) is 3.30. The van der Waals surface area contributed by atoms with Gasteiger partial charge in [-0.05, 0) is 31.9 Å². The quantitative estimate of drug-likeness (QED) is 0.772. The van der Waals surface area contributed by atoms with Crippen LogP contribution in [0.2, 0.25) is 0 Å². The Morgan fingerprint density at radius 2 is 1.75 bits per heavy atom. The second-order valence-corrected chi connectivity index (χ2v) is 7.23. The summed E-state index contributed by atoms with van der Waals surface area (Å²) in [6.07, 6.45) is 1.99. The van der Waals surface area contributed by atoms with E-state index in [9.17, 15) is 14.4 Å². The summed E-state index contributed by atoms with van der Waals surface area (Å²) in [6, 6.07) is 6.40. The fourth-order valence-electron chi connectivity index (χ4n) is 2.00. The Balaban J connectivity index is 2.03. The molecule has 130 valence electrons. The van der Waals surface area contributed by atoms with Crippen molar-refractivity contribution < 1.29 is 14.4 Å². The number of rotatable bonds is 5. The first kappa shape index (κ1) is 18.0. The summed E-state index contributed by atoms with van der Waals surface area (Å²) in [5, 5.41) is 8.31. The zero-order valence-electron chi connectivity index (χ0n) is 14.6. The predicted molar refractivity (Wildman–Crippen MR) is 92.6 cm³/mol. The average molecular weight is 331 g/mol. The van der Waals surface area contributed by atoms with E-state index in [2.05, 4.69) is 16.0 Å². The fourth-order valence-corrected chi connectivity index (χ4v) is 2.00. The Hall–Kier alpha value is -2.37. The molecule has 0 aliphatic heterocycles. The number of hydrogen-bond donors (Lipinski definition) is 3. The molecule has 3 amide bonds. The summed E-state index contributed by atoms with van der Waals surface area (Å²) in [7, 11) is 0. The van der Waals surface area contributed by atoms with E-state index >= 15 is 0 Å². The van der Waals surface area contributed by atoms with Crippen molar-refractivity contribution in [1.29, 1.82) is 0 Å². The molecule has 1 aromatic carbocycles. The molecule has 0 aromatic heterocycles. The summed E-state index contributed by atoms with van der Waals surface area (Å²) in [6.45, 7) is 6.96. The standard InChI is InChI=1S/C18H25N3O3/c1-11(19-17(24)18(2,3)4)15(22)21-14-8-6-5-7-13(14)16(23)20-12-9-10-12/h5-8,11-12H,9-10H2,1-4H3,(H,19,24)(H,20,23)(H,21,22). The largest absolute Gasteiger partial charge is 0.349 e. The molecular weight excluding hydrogens is 306 g/mol. The van der Waals surface area contributed by atoms with E-state index < -0.39 is 11.5 Å². The smallest absolute Gasteiger partial charge is 0.253 e. The number of carbonyl (C=O) groups is 3. The molecular formula is C18H25N3O3. The molecule has 1 saturated carbocycles. The Morgan fingerprint density at radius 1 is 1.12 bits per heavy atom. The van der Waals surface area contributed by atoms with Crippen LogP contribution < -0.4 is 16.0 Å². The molecule has 2 rings (SSSR count). The van der Waals surface area contributed by atoms with E-state index in [1.165, 1.54) is 0 Å². The minimum absolute atomic E-state index is 0.195. The molecule has 6 nitrogen and oxygen atoms in total. The number of benzene rings is 1. The molecule has 3 N–H and O–H groups in total. The van der Waals surface area contributed by atoms with Crippen LogP contribution in [0.5, 0.6) is 0 Å². The summed E-state index contributed by atoms with van der Waals surface area (Å²) < 4.78 is 0. The van der Waals surface area contributed by atoms with Crippen LogP contribution in [0.15, 0.2) is 24.3 Å². The molecule has 1 fully saturated rings. The van der Waals surface area contributed by atoms with Gasteiger partial charge in [-0.2, -0.15) is 0 Å². The lowest BCUT2D eigenvalue weighted by molar-refractivity contribution is -0.131. The number of amides is 3. The summed E-state index contributed by atoms with van der Waals surface area (Å²) in [5.41, 5.74) is 0.293. The number of carbonyl (C=O) groups excluding carboxylic acids is 3. The van der Waals surface area contributed by atoms with Crippen molar-refractivity contribution in [2.75, 3.05) is 5.32 Å². The normalized spacial score (nSPS) is 15.3. The van der Waals surface area contributed by atoms with E-state index in [4.69, 9.17) is 0 Å². The van der Waals surface area contributed by atoms with Gasteiger partial charge in [-0.1, -0.05) is 32.9 Å². The van der Waals surface area contributed by atoms with Gasteiger partial charge in [0.2, 0.25) is 11.8 Å². The molecule has 0 heterocycles. The highest BCUT2D eigenvalue weighted by atomic mass is 16.2. The van der Waals surface area contributed by atoms with Crippen molar-refractivity contribution in [2.45, 2.75) is 52.6 Å². The van der Waals surface area contributed by atoms with Crippen molar-refractivity contribution in [3.05, 3.63) is 29.8 Å². The van der Waals surface area contributed by atoms with Gasteiger partial charge in [-0.25, -0.2) is 0 Å². The van der Waals surface area contributed by atoms with Crippen LogP contribution in [-0.2, 0) is 9.59 Å². The second-order valence-electron chi connectivity index (χ2n) is 7.23. The maximum atomic E-state index is 12.3. The lowest BCUT2D eigenvalue weighted by Crippen LogP contribution is -2.46. The van der Waals surface area contributed by atoms with Gasteiger partial charge in [0.15, 0.2) is 0 Å². The first-order valence-corrected chi connectivity index (χ1v) is 8.20. The minimum atomic E-state index is -0.698. The monoisotopic (exact) mass is 331 g/mol. The second kappa shape index (κ2) is 7.03. The molecule has 24 heavy (non-hydrogen) atoms. The van der Waals surface area contributed by atoms with Crippen molar-refractivity contribution in [3.8, 4) is 0 Å². The first-order chi connectivity index (χ1) is 11.2. The van der Waals surface area contributed by atoms with E-state index in [0.29, 0.717) is 11.3 Å². The predicted octanol–water partition coefficient (Wildman–Crippen LogP) is 2.07. The van der Waals surface area contributed by atoms with Crippen LogP contribution in [-0.4, -0.2) is 29.8 Å². The van der Waals surface area contributed by atoms with Crippen molar-refractivity contribution >= 4 is 23.4 Å². The van der Waals surface area contributed by atoms with Crippen molar-refractivity contribution in [2.24, 2.45) is 5.41 Å². The summed E-state index contributed by atoms with van der Waals surface area (Å²) in [4.78, 5) is 36.6. The summed E-state index contributed by atoms with van der Waals surface area (Å²) in [5.74, 6) is -0.760. The first-order valence-electron chi connectivity index (χ1n) is 8.20. The SMILES string of the molecule is CC(NC(=O)C(C)(C)C)C(=O)Nc1ccccc1C(=O)NC1CC1. The Bertz CT molecular complexity index is 645.